The molecule has 0 aliphatic carbocycles. The quantitative estimate of drug-likeness (QED) is 0.787. The monoisotopic (exact) mass is 308 g/mol. The predicted molar refractivity (Wildman–Crippen MR) is 90.3 cm³/mol. The fourth-order valence-electron chi connectivity index (χ4n) is 1.96. The summed E-state index contributed by atoms with van der Waals surface area (Å²) in [5.74, 6) is 0. The van der Waals surface area contributed by atoms with Gasteiger partial charge in [-0.15, -0.1) is 11.3 Å². The summed E-state index contributed by atoms with van der Waals surface area (Å²) in [7, 11) is 1.96. The molecule has 0 aliphatic heterocycles. The van der Waals surface area contributed by atoms with Gasteiger partial charge in [-0.1, -0.05) is 12.1 Å². The first kappa shape index (κ1) is 15.8. The van der Waals surface area contributed by atoms with E-state index in [4.69, 9.17) is 5.26 Å². The Morgan fingerprint density at radius 1 is 1.32 bits per heavy atom. The van der Waals surface area contributed by atoms with Crippen molar-refractivity contribution in [2.24, 2.45) is 0 Å². The normalized spacial score (nSPS) is 10.8. The molecule has 2 aromatic rings. The molecule has 0 N–H and O–H groups in total. The van der Waals surface area contributed by atoms with Gasteiger partial charge in [-0.05, 0) is 30.7 Å². The molecule has 0 spiro atoms. The summed E-state index contributed by atoms with van der Waals surface area (Å²) in [4.78, 5) is 6.38. The lowest BCUT2D eigenvalue weighted by atomic mass is 10.1. The van der Waals surface area contributed by atoms with Crippen molar-refractivity contribution in [2.45, 2.75) is 13.3 Å². The van der Waals surface area contributed by atoms with Crippen LogP contribution in [0.1, 0.15) is 22.7 Å². The second-order valence-electron chi connectivity index (χ2n) is 4.89. The van der Waals surface area contributed by atoms with Crippen LogP contribution in [0.5, 0.6) is 0 Å². The number of hydrogen-bond donors (Lipinski definition) is 0. The van der Waals surface area contributed by atoms with Crippen molar-refractivity contribution in [1.29, 1.82) is 10.5 Å². The molecule has 22 heavy (non-hydrogen) atoms. The second kappa shape index (κ2) is 7.40. The SMILES string of the molecule is Cc1csc(/C(C#N)=C\c2ccc(N(C)CCC#N)cc2)n1. The van der Waals surface area contributed by atoms with Gasteiger partial charge >= 0.3 is 0 Å². The van der Waals surface area contributed by atoms with Gasteiger partial charge in [0.15, 0.2) is 0 Å². The molecule has 2 rings (SSSR count). The highest BCUT2D eigenvalue weighted by molar-refractivity contribution is 7.11. The number of nitrogens with zero attached hydrogens (tertiary/aromatic N) is 4. The molecule has 0 saturated heterocycles. The molecule has 5 heteroatoms. The Kier molecular flexibility index (Phi) is 5.30. The fourth-order valence-corrected chi connectivity index (χ4v) is 2.72. The topological polar surface area (TPSA) is 63.7 Å². The maximum Gasteiger partial charge on any atom is 0.134 e. The summed E-state index contributed by atoms with van der Waals surface area (Å²) in [6.07, 6.45) is 2.34. The number of hydrogen-bond acceptors (Lipinski definition) is 5. The summed E-state index contributed by atoms with van der Waals surface area (Å²) >= 11 is 1.48. The van der Waals surface area contributed by atoms with E-state index in [1.807, 2.05) is 54.6 Å². The highest BCUT2D eigenvalue weighted by Gasteiger charge is 2.06. The lowest BCUT2D eigenvalue weighted by molar-refractivity contribution is 0.905. The summed E-state index contributed by atoms with van der Waals surface area (Å²) in [6, 6.07) is 12.3. The van der Waals surface area contributed by atoms with Crippen LogP contribution in [-0.2, 0) is 0 Å². The zero-order valence-electron chi connectivity index (χ0n) is 12.6. The first-order valence-corrected chi connectivity index (χ1v) is 7.74. The predicted octanol–water partition coefficient (Wildman–Crippen LogP) is 3.87. The van der Waals surface area contributed by atoms with Gasteiger partial charge in [0.25, 0.3) is 0 Å². The first-order valence-electron chi connectivity index (χ1n) is 6.86. The van der Waals surface area contributed by atoms with Crippen molar-refractivity contribution in [3.05, 3.63) is 45.9 Å². The molecule has 110 valence electrons. The summed E-state index contributed by atoms with van der Waals surface area (Å²) < 4.78 is 0. The zero-order chi connectivity index (χ0) is 15.9. The molecule has 0 saturated carbocycles. The van der Waals surface area contributed by atoms with Crippen LogP contribution in [0, 0.1) is 29.6 Å². The van der Waals surface area contributed by atoms with E-state index in [0.717, 1.165) is 22.0 Å². The Hall–Kier alpha value is -2.63. The molecular formula is C17H16N4S. The molecule has 0 bridgehead atoms. The van der Waals surface area contributed by atoms with E-state index in [9.17, 15) is 5.26 Å². The van der Waals surface area contributed by atoms with E-state index in [2.05, 4.69) is 17.1 Å². The van der Waals surface area contributed by atoms with E-state index < -0.39 is 0 Å². The van der Waals surface area contributed by atoms with E-state index >= 15 is 0 Å². The van der Waals surface area contributed by atoms with Gasteiger partial charge in [-0.3, -0.25) is 0 Å². The van der Waals surface area contributed by atoms with Gasteiger partial charge in [-0.2, -0.15) is 10.5 Å². The number of nitriles is 2. The van der Waals surface area contributed by atoms with Crippen molar-refractivity contribution < 1.29 is 0 Å². The van der Waals surface area contributed by atoms with E-state index in [1.165, 1.54) is 11.3 Å². The largest absolute Gasteiger partial charge is 0.374 e. The van der Waals surface area contributed by atoms with Crippen molar-refractivity contribution >= 4 is 28.7 Å². The van der Waals surface area contributed by atoms with Gasteiger partial charge in [0.05, 0.1) is 18.1 Å². The minimum atomic E-state index is 0.500. The average molecular weight is 308 g/mol. The fraction of sp³-hybridized carbons (Fsp3) is 0.235. The average Bonchev–Trinajstić information content (AvgIpc) is 2.97. The maximum atomic E-state index is 9.30. The third kappa shape index (κ3) is 3.94. The number of thiazole rings is 1. The van der Waals surface area contributed by atoms with Gasteiger partial charge in [-0.25, -0.2) is 4.98 Å². The number of allylic oxidation sites excluding steroid dienone is 1. The highest BCUT2D eigenvalue weighted by atomic mass is 32.1. The zero-order valence-corrected chi connectivity index (χ0v) is 13.4. The van der Waals surface area contributed by atoms with Crippen molar-refractivity contribution in [1.82, 2.24) is 4.98 Å². The summed E-state index contributed by atoms with van der Waals surface area (Å²) in [5.41, 5.74) is 3.51. The third-order valence-electron chi connectivity index (χ3n) is 3.17. The van der Waals surface area contributed by atoms with Crippen molar-refractivity contribution in [3.63, 3.8) is 0 Å². The van der Waals surface area contributed by atoms with E-state index in [-0.39, 0.29) is 0 Å². The van der Waals surface area contributed by atoms with Gasteiger partial charge < -0.3 is 4.90 Å². The Morgan fingerprint density at radius 3 is 2.59 bits per heavy atom. The van der Waals surface area contributed by atoms with Crippen LogP contribution in [0.2, 0.25) is 0 Å². The lowest BCUT2D eigenvalue weighted by Gasteiger charge is -2.17. The standard InChI is InChI=1S/C17H16N4S/c1-13-12-22-17(20-13)15(11-19)10-14-4-6-16(7-5-14)21(2)9-3-8-18/h4-7,10,12H,3,9H2,1-2H3/b15-10-. The van der Waals surface area contributed by atoms with Gasteiger partial charge in [0.2, 0.25) is 0 Å². The molecule has 4 nitrogen and oxygen atoms in total. The molecular weight excluding hydrogens is 292 g/mol. The molecule has 1 heterocycles. The van der Waals surface area contributed by atoms with Gasteiger partial charge in [0.1, 0.15) is 11.1 Å². The number of aryl methyl sites for hydroxylation is 1. The second-order valence-corrected chi connectivity index (χ2v) is 5.74. The van der Waals surface area contributed by atoms with Crippen LogP contribution in [0.25, 0.3) is 11.6 Å². The van der Waals surface area contributed by atoms with Crippen LogP contribution < -0.4 is 4.90 Å². The van der Waals surface area contributed by atoms with Crippen LogP contribution >= 0.6 is 11.3 Å². The molecule has 1 aromatic carbocycles. The Labute approximate surface area is 134 Å². The Morgan fingerprint density at radius 2 is 2.05 bits per heavy atom. The molecule has 0 aliphatic rings. The summed E-state index contributed by atoms with van der Waals surface area (Å²) in [6.45, 7) is 2.62. The van der Waals surface area contributed by atoms with Crippen LogP contribution in [0.4, 0.5) is 5.69 Å². The first-order chi connectivity index (χ1) is 10.6. The summed E-state index contributed by atoms with van der Waals surface area (Å²) in [5, 5.41) is 20.6. The van der Waals surface area contributed by atoms with Crippen molar-refractivity contribution in [3.8, 4) is 12.1 Å². The van der Waals surface area contributed by atoms with Crippen LogP contribution in [-0.4, -0.2) is 18.6 Å². The van der Waals surface area contributed by atoms with Gasteiger partial charge in [0, 0.05) is 30.4 Å². The number of anilines is 1. The van der Waals surface area contributed by atoms with Crippen LogP contribution in [0.15, 0.2) is 29.6 Å². The highest BCUT2D eigenvalue weighted by Crippen LogP contribution is 2.22. The Balaban J connectivity index is 2.18. The van der Waals surface area contributed by atoms with Crippen LogP contribution in [0.3, 0.4) is 0 Å². The molecule has 0 radical (unpaired) electrons. The van der Waals surface area contributed by atoms with E-state index in [0.29, 0.717) is 18.5 Å². The number of benzene rings is 1. The van der Waals surface area contributed by atoms with Crippen molar-refractivity contribution in [2.75, 3.05) is 18.5 Å². The smallest absolute Gasteiger partial charge is 0.134 e. The molecule has 0 fully saturated rings. The molecule has 1 aromatic heterocycles. The third-order valence-corrected chi connectivity index (χ3v) is 4.17. The molecule has 0 unspecified atom stereocenters. The number of aromatic nitrogens is 1. The molecule has 0 amide bonds. The Bertz CT molecular complexity index is 744. The maximum absolute atomic E-state index is 9.30. The minimum Gasteiger partial charge on any atom is -0.374 e. The minimum absolute atomic E-state index is 0.500. The van der Waals surface area contributed by atoms with E-state index in [1.54, 1.807) is 0 Å². The number of rotatable bonds is 5. The lowest BCUT2D eigenvalue weighted by Crippen LogP contribution is -2.17. The molecule has 0 atom stereocenters.